The molecule has 2 aromatic carbocycles. The van der Waals surface area contributed by atoms with E-state index < -0.39 is 15.9 Å². The number of hydrogen-bond donors (Lipinski definition) is 2. The maximum Gasteiger partial charge on any atom is 0.411 e. The maximum atomic E-state index is 11.9. The molecule has 1 amide bonds. The number of amides is 1. The Hall–Kier alpha value is -4.12. The van der Waals surface area contributed by atoms with Crippen molar-refractivity contribution in [3.8, 4) is 16.9 Å². The first kappa shape index (κ1) is 25.0. The van der Waals surface area contributed by atoms with Crippen LogP contribution in [0.4, 0.5) is 22.1 Å². The van der Waals surface area contributed by atoms with Crippen molar-refractivity contribution in [3.63, 3.8) is 0 Å². The molecule has 36 heavy (non-hydrogen) atoms. The fourth-order valence-electron chi connectivity index (χ4n) is 3.38. The lowest BCUT2D eigenvalue weighted by Crippen LogP contribution is -2.16. The summed E-state index contributed by atoms with van der Waals surface area (Å²) in [6, 6.07) is 15.7. The molecule has 4 aromatic rings. The average molecular weight is 510 g/mol. The Balaban J connectivity index is 1.50. The molecule has 10 nitrogen and oxygen atoms in total. The van der Waals surface area contributed by atoms with E-state index in [0.717, 1.165) is 17.4 Å². The molecule has 0 aliphatic carbocycles. The van der Waals surface area contributed by atoms with Gasteiger partial charge in [-0.15, -0.1) is 5.10 Å². The second-order valence-electron chi connectivity index (χ2n) is 8.61. The van der Waals surface area contributed by atoms with Crippen LogP contribution in [0.5, 0.6) is 5.75 Å². The molecule has 0 atom stereocenters. The first-order valence-electron chi connectivity index (χ1n) is 11.2. The number of methoxy groups -OCH3 is 1. The SMILES string of the molecule is COc1cc(S(C)(=O)=O)ccc1Nc1nc2ccc(-c3ccc(NC(=O)OCC(C)C)cc3)cn2n1. The van der Waals surface area contributed by atoms with Gasteiger partial charge in [0.15, 0.2) is 15.5 Å². The van der Waals surface area contributed by atoms with Crippen molar-refractivity contribution >= 4 is 38.9 Å². The number of sulfone groups is 1. The molecule has 0 bridgehead atoms. The van der Waals surface area contributed by atoms with Crippen molar-refractivity contribution in [2.24, 2.45) is 5.92 Å². The highest BCUT2D eigenvalue weighted by Gasteiger charge is 2.14. The minimum atomic E-state index is -3.36. The van der Waals surface area contributed by atoms with Gasteiger partial charge in [-0.3, -0.25) is 5.32 Å². The molecule has 0 spiro atoms. The first-order chi connectivity index (χ1) is 17.1. The summed E-state index contributed by atoms with van der Waals surface area (Å²) in [4.78, 5) is 16.5. The van der Waals surface area contributed by atoms with Crippen LogP contribution in [0.3, 0.4) is 0 Å². The standard InChI is InChI=1S/C25H27N5O5S/c1-16(2)15-35-25(31)26-19-8-5-17(6-9-19)18-7-12-23-28-24(29-30(23)14-18)27-21-11-10-20(36(4,32)33)13-22(21)34-3/h5-14,16H,15H2,1-4H3,(H,26,31)(H,27,29). The van der Waals surface area contributed by atoms with E-state index in [2.05, 4.69) is 20.7 Å². The fourth-order valence-corrected chi connectivity index (χ4v) is 4.01. The normalized spacial score (nSPS) is 11.5. The molecular formula is C25H27N5O5S. The van der Waals surface area contributed by atoms with Gasteiger partial charge in [0.1, 0.15) is 5.75 Å². The molecule has 0 saturated carbocycles. The Bertz CT molecular complexity index is 1500. The third kappa shape index (κ3) is 5.92. The van der Waals surface area contributed by atoms with Crippen LogP contribution in [-0.4, -0.2) is 49.1 Å². The van der Waals surface area contributed by atoms with Crippen LogP contribution >= 0.6 is 0 Å². The zero-order valence-corrected chi connectivity index (χ0v) is 21.2. The lowest BCUT2D eigenvalue weighted by Gasteiger charge is -2.10. The van der Waals surface area contributed by atoms with Gasteiger partial charge < -0.3 is 14.8 Å². The predicted molar refractivity (Wildman–Crippen MR) is 138 cm³/mol. The number of carbonyl (C=O) groups is 1. The summed E-state index contributed by atoms with van der Waals surface area (Å²) < 4.78 is 35.8. The summed E-state index contributed by atoms with van der Waals surface area (Å²) in [7, 11) is -1.90. The fraction of sp³-hybridized carbons (Fsp3) is 0.240. The van der Waals surface area contributed by atoms with Crippen molar-refractivity contribution in [2.45, 2.75) is 18.7 Å². The van der Waals surface area contributed by atoms with E-state index >= 15 is 0 Å². The number of carbonyl (C=O) groups excluding carboxylic acids is 1. The van der Waals surface area contributed by atoms with Gasteiger partial charge in [0.05, 0.1) is 24.3 Å². The number of benzene rings is 2. The van der Waals surface area contributed by atoms with Crippen LogP contribution in [0.25, 0.3) is 16.8 Å². The van der Waals surface area contributed by atoms with Gasteiger partial charge in [0, 0.05) is 29.8 Å². The quantitative estimate of drug-likeness (QED) is 0.349. The smallest absolute Gasteiger partial charge is 0.411 e. The van der Waals surface area contributed by atoms with Crippen molar-refractivity contribution < 1.29 is 22.7 Å². The van der Waals surface area contributed by atoms with Crippen molar-refractivity contribution in [2.75, 3.05) is 30.6 Å². The summed E-state index contributed by atoms with van der Waals surface area (Å²) in [6.45, 7) is 4.31. The summed E-state index contributed by atoms with van der Waals surface area (Å²) in [5, 5.41) is 10.3. The lowest BCUT2D eigenvalue weighted by atomic mass is 10.1. The topological polar surface area (TPSA) is 124 Å². The van der Waals surface area contributed by atoms with Gasteiger partial charge in [-0.25, -0.2) is 17.7 Å². The van der Waals surface area contributed by atoms with Crippen molar-refractivity contribution in [1.82, 2.24) is 14.6 Å². The predicted octanol–water partition coefficient (Wildman–Crippen LogP) is 4.76. The van der Waals surface area contributed by atoms with Crippen molar-refractivity contribution in [1.29, 1.82) is 0 Å². The maximum absolute atomic E-state index is 11.9. The molecule has 0 fully saturated rings. The molecule has 2 N–H and O–H groups in total. The molecule has 2 aromatic heterocycles. The van der Waals surface area contributed by atoms with Crippen LogP contribution in [0.15, 0.2) is 65.7 Å². The van der Waals surface area contributed by atoms with Gasteiger partial charge in [-0.2, -0.15) is 4.98 Å². The summed E-state index contributed by atoms with van der Waals surface area (Å²) >= 11 is 0. The van der Waals surface area contributed by atoms with Gasteiger partial charge in [-0.1, -0.05) is 26.0 Å². The number of pyridine rings is 1. The van der Waals surface area contributed by atoms with Crippen LogP contribution < -0.4 is 15.4 Å². The molecule has 0 aliphatic heterocycles. The Kier molecular flexibility index (Phi) is 7.11. The van der Waals surface area contributed by atoms with E-state index in [1.165, 1.54) is 19.2 Å². The van der Waals surface area contributed by atoms with Crippen LogP contribution in [-0.2, 0) is 14.6 Å². The molecule has 0 aliphatic rings. The highest BCUT2D eigenvalue weighted by molar-refractivity contribution is 7.90. The minimum Gasteiger partial charge on any atom is -0.495 e. The average Bonchev–Trinajstić information content (AvgIpc) is 3.24. The van der Waals surface area contributed by atoms with E-state index in [1.54, 1.807) is 22.7 Å². The number of rotatable bonds is 8. The Morgan fingerprint density at radius 3 is 2.44 bits per heavy atom. The highest BCUT2D eigenvalue weighted by atomic mass is 32.2. The third-order valence-corrected chi connectivity index (χ3v) is 6.30. The van der Waals surface area contributed by atoms with E-state index in [4.69, 9.17) is 9.47 Å². The monoisotopic (exact) mass is 509 g/mol. The van der Waals surface area contributed by atoms with E-state index in [1.807, 2.05) is 44.3 Å². The van der Waals surface area contributed by atoms with Gasteiger partial charge in [0.25, 0.3) is 0 Å². The van der Waals surface area contributed by atoms with E-state index in [9.17, 15) is 13.2 Å². The molecular weight excluding hydrogens is 482 g/mol. The number of fused-ring (bicyclic) bond motifs is 1. The number of anilines is 3. The molecule has 0 saturated heterocycles. The first-order valence-corrected chi connectivity index (χ1v) is 13.1. The second kappa shape index (κ2) is 10.2. The molecule has 188 valence electrons. The molecule has 11 heteroatoms. The Morgan fingerprint density at radius 1 is 1.06 bits per heavy atom. The Labute approximate surface area is 209 Å². The minimum absolute atomic E-state index is 0.158. The van der Waals surface area contributed by atoms with Gasteiger partial charge in [0.2, 0.25) is 5.95 Å². The van der Waals surface area contributed by atoms with E-state index in [0.29, 0.717) is 35.3 Å². The summed E-state index contributed by atoms with van der Waals surface area (Å²) in [6.07, 6.45) is 2.50. The zero-order valence-electron chi connectivity index (χ0n) is 20.3. The number of ether oxygens (including phenoxy) is 2. The lowest BCUT2D eigenvalue weighted by molar-refractivity contribution is 0.147. The largest absolute Gasteiger partial charge is 0.495 e. The molecule has 4 rings (SSSR count). The summed E-state index contributed by atoms with van der Waals surface area (Å²) in [5.41, 5.74) is 3.64. The number of nitrogens with one attached hydrogen (secondary N) is 2. The molecule has 0 unspecified atom stereocenters. The third-order valence-electron chi connectivity index (χ3n) is 5.19. The van der Waals surface area contributed by atoms with Crippen molar-refractivity contribution in [3.05, 3.63) is 60.8 Å². The number of nitrogens with zero attached hydrogens (tertiary/aromatic N) is 3. The van der Waals surface area contributed by atoms with Crippen LogP contribution in [0.2, 0.25) is 0 Å². The molecule has 2 heterocycles. The van der Waals surface area contributed by atoms with Gasteiger partial charge >= 0.3 is 6.09 Å². The second-order valence-corrected chi connectivity index (χ2v) is 10.6. The zero-order chi connectivity index (χ0) is 25.9. The summed E-state index contributed by atoms with van der Waals surface area (Å²) in [5.74, 6) is 0.958. The number of hydrogen-bond acceptors (Lipinski definition) is 8. The molecule has 0 radical (unpaired) electrons. The Morgan fingerprint density at radius 2 is 1.78 bits per heavy atom. The van der Waals surface area contributed by atoms with E-state index in [-0.39, 0.29) is 10.8 Å². The van der Waals surface area contributed by atoms with Gasteiger partial charge in [-0.05, 0) is 47.9 Å². The van der Waals surface area contributed by atoms with Crippen LogP contribution in [0.1, 0.15) is 13.8 Å². The highest BCUT2D eigenvalue weighted by Crippen LogP contribution is 2.30. The number of aromatic nitrogens is 3. The van der Waals surface area contributed by atoms with Crippen LogP contribution in [0, 0.1) is 5.92 Å².